The number of H-pyrrole nitrogens is 1. The highest BCUT2D eigenvalue weighted by atomic mass is 16.2. The summed E-state index contributed by atoms with van der Waals surface area (Å²) in [5, 5.41) is 12.6. The van der Waals surface area contributed by atoms with E-state index in [1.807, 2.05) is 27.7 Å². The van der Waals surface area contributed by atoms with Gasteiger partial charge in [0.15, 0.2) is 0 Å². The van der Waals surface area contributed by atoms with Crippen LogP contribution in [0.25, 0.3) is 0 Å². The SMILES string of the molecule is C=C1C(C)NC(=O)N1C.CC.CCc1cn[nH]n1. The molecule has 1 fully saturated rings. The highest BCUT2D eigenvalue weighted by Gasteiger charge is 2.25. The van der Waals surface area contributed by atoms with Gasteiger partial charge in [0.25, 0.3) is 0 Å². The molecule has 1 aromatic heterocycles. The van der Waals surface area contributed by atoms with E-state index in [1.165, 1.54) is 4.90 Å². The van der Waals surface area contributed by atoms with Crippen molar-refractivity contribution >= 4 is 6.03 Å². The maximum Gasteiger partial charge on any atom is 0.321 e. The summed E-state index contributed by atoms with van der Waals surface area (Å²) in [4.78, 5) is 12.3. The van der Waals surface area contributed by atoms with Gasteiger partial charge in [-0.2, -0.15) is 15.4 Å². The summed E-state index contributed by atoms with van der Waals surface area (Å²) in [6, 6.07) is 0.0370. The van der Waals surface area contributed by atoms with Gasteiger partial charge in [0, 0.05) is 12.7 Å². The van der Waals surface area contributed by atoms with E-state index in [9.17, 15) is 4.79 Å². The van der Waals surface area contributed by atoms with Gasteiger partial charge in [0.05, 0.1) is 17.9 Å². The highest BCUT2D eigenvalue weighted by Crippen LogP contribution is 2.11. The van der Waals surface area contributed by atoms with Gasteiger partial charge in [-0.25, -0.2) is 4.79 Å². The number of aryl methyl sites for hydroxylation is 1. The smallest absolute Gasteiger partial charge is 0.321 e. The molecule has 6 nitrogen and oxygen atoms in total. The van der Waals surface area contributed by atoms with Gasteiger partial charge in [-0.15, -0.1) is 0 Å². The zero-order chi connectivity index (χ0) is 14.1. The molecule has 0 aromatic carbocycles. The third-order valence-corrected chi connectivity index (χ3v) is 2.40. The molecule has 0 radical (unpaired) electrons. The lowest BCUT2D eigenvalue weighted by Crippen LogP contribution is -2.24. The van der Waals surface area contributed by atoms with Gasteiger partial charge in [-0.3, -0.25) is 4.90 Å². The summed E-state index contributed by atoms with van der Waals surface area (Å²) in [6.07, 6.45) is 2.68. The maximum absolute atomic E-state index is 10.7. The summed E-state index contributed by atoms with van der Waals surface area (Å²) in [6.45, 7) is 11.7. The number of aromatic amines is 1. The molecule has 1 saturated heterocycles. The average Bonchev–Trinajstić information content (AvgIpc) is 2.99. The number of hydrogen-bond donors (Lipinski definition) is 2. The largest absolute Gasteiger partial charge is 0.330 e. The van der Waals surface area contributed by atoms with Gasteiger partial charge in [0.2, 0.25) is 0 Å². The predicted molar refractivity (Wildman–Crippen MR) is 72.0 cm³/mol. The van der Waals surface area contributed by atoms with Gasteiger partial charge < -0.3 is 5.32 Å². The topological polar surface area (TPSA) is 73.9 Å². The average molecular weight is 253 g/mol. The summed E-state index contributed by atoms with van der Waals surface area (Å²) in [5.41, 5.74) is 1.85. The second-order valence-corrected chi connectivity index (χ2v) is 3.54. The molecule has 6 heteroatoms. The molecule has 2 rings (SSSR count). The van der Waals surface area contributed by atoms with Gasteiger partial charge in [-0.1, -0.05) is 27.4 Å². The molecular weight excluding hydrogens is 230 g/mol. The van der Waals surface area contributed by atoms with Crippen LogP contribution in [0.5, 0.6) is 0 Å². The second-order valence-electron chi connectivity index (χ2n) is 3.54. The van der Waals surface area contributed by atoms with Crippen molar-refractivity contribution in [3.05, 3.63) is 24.2 Å². The van der Waals surface area contributed by atoms with E-state index in [2.05, 4.69) is 27.3 Å². The van der Waals surface area contributed by atoms with Crippen LogP contribution in [0.1, 0.15) is 33.4 Å². The fourth-order valence-electron chi connectivity index (χ4n) is 1.18. The first-order valence-corrected chi connectivity index (χ1v) is 6.14. The lowest BCUT2D eigenvalue weighted by molar-refractivity contribution is 0.229. The molecule has 0 spiro atoms. The minimum Gasteiger partial charge on any atom is -0.330 e. The molecule has 2 N–H and O–H groups in total. The molecule has 1 aromatic rings. The number of hydrogen-bond acceptors (Lipinski definition) is 3. The van der Waals surface area contributed by atoms with E-state index in [0.29, 0.717) is 0 Å². The number of nitrogens with zero attached hydrogens (tertiary/aromatic N) is 3. The first kappa shape index (κ1) is 16.1. The molecule has 0 saturated carbocycles. The van der Waals surface area contributed by atoms with Gasteiger partial charge >= 0.3 is 6.03 Å². The number of urea groups is 1. The Morgan fingerprint density at radius 1 is 1.50 bits per heavy atom. The van der Waals surface area contributed by atoms with Crippen molar-refractivity contribution in [2.24, 2.45) is 0 Å². The van der Waals surface area contributed by atoms with Crippen molar-refractivity contribution in [2.75, 3.05) is 7.05 Å². The number of rotatable bonds is 1. The van der Waals surface area contributed by atoms with Crippen LogP contribution in [0.3, 0.4) is 0 Å². The van der Waals surface area contributed by atoms with Crippen molar-refractivity contribution in [3.8, 4) is 0 Å². The molecule has 1 aliphatic rings. The van der Waals surface area contributed by atoms with Crippen LogP contribution in [-0.4, -0.2) is 39.4 Å². The van der Waals surface area contributed by atoms with Crippen LogP contribution in [0.2, 0.25) is 0 Å². The Balaban J connectivity index is 0.000000289. The Kier molecular flexibility index (Phi) is 7.42. The first-order valence-electron chi connectivity index (χ1n) is 6.14. The van der Waals surface area contributed by atoms with Crippen molar-refractivity contribution in [3.63, 3.8) is 0 Å². The van der Waals surface area contributed by atoms with Crippen molar-refractivity contribution in [2.45, 2.75) is 40.2 Å². The van der Waals surface area contributed by atoms with Crippen LogP contribution in [0.4, 0.5) is 4.79 Å². The van der Waals surface area contributed by atoms with Crippen LogP contribution in [0.15, 0.2) is 18.5 Å². The number of likely N-dealkylation sites (N-methyl/N-ethyl adjacent to an activating group) is 1. The first-order chi connectivity index (χ1) is 8.56. The fourth-order valence-corrected chi connectivity index (χ4v) is 1.18. The van der Waals surface area contributed by atoms with E-state index >= 15 is 0 Å². The molecule has 1 aliphatic heterocycles. The summed E-state index contributed by atoms with van der Waals surface area (Å²) in [5.74, 6) is 0. The Morgan fingerprint density at radius 3 is 2.28 bits per heavy atom. The molecular formula is C12H23N5O. The summed E-state index contributed by atoms with van der Waals surface area (Å²) >= 11 is 0. The maximum atomic E-state index is 10.7. The van der Waals surface area contributed by atoms with Gasteiger partial charge in [0.1, 0.15) is 0 Å². The summed E-state index contributed by atoms with van der Waals surface area (Å²) in [7, 11) is 1.71. The van der Waals surface area contributed by atoms with E-state index in [-0.39, 0.29) is 12.1 Å². The molecule has 2 amide bonds. The van der Waals surface area contributed by atoms with E-state index in [1.54, 1.807) is 13.2 Å². The van der Waals surface area contributed by atoms with Crippen molar-refractivity contribution < 1.29 is 4.79 Å². The number of nitrogens with one attached hydrogen (secondary N) is 2. The normalized spacial score (nSPS) is 17.4. The third kappa shape index (κ3) is 4.57. The number of carbonyl (C=O) groups is 1. The number of amides is 2. The van der Waals surface area contributed by atoms with E-state index in [4.69, 9.17) is 0 Å². The van der Waals surface area contributed by atoms with E-state index < -0.39 is 0 Å². The number of aromatic nitrogens is 3. The van der Waals surface area contributed by atoms with Crippen molar-refractivity contribution in [1.29, 1.82) is 0 Å². The van der Waals surface area contributed by atoms with Crippen molar-refractivity contribution in [1.82, 2.24) is 25.6 Å². The molecule has 1 atom stereocenters. The fraction of sp³-hybridized carbons (Fsp3) is 0.583. The minimum absolute atomic E-state index is 0.0625. The Hall–Kier alpha value is -1.85. The molecule has 102 valence electrons. The Labute approximate surface area is 108 Å². The van der Waals surface area contributed by atoms with Crippen LogP contribution in [0, 0.1) is 0 Å². The molecule has 0 aliphatic carbocycles. The van der Waals surface area contributed by atoms with E-state index in [0.717, 1.165) is 17.8 Å². The zero-order valence-electron chi connectivity index (χ0n) is 11.8. The van der Waals surface area contributed by atoms with Crippen LogP contribution < -0.4 is 5.32 Å². The lowest BCUT2D eigenvalue weighted by Gasteiger charge is -2.06. The Bertz CT molecular complexity index is 361. The molecule has 18 heavy (non-hydrogen) atoms. The zero-order valence-corrected chi connectivity index (χ0v) is 11.8. The van der Waals surface area contributed by atoms with Gasteiger partial charge in [-0.05, 0) is 13.3 Å². The molecule has 1 unspecified atom stereocenters. The lowest BCUT2D eigenvalue weighted by atomic mass is 10.3. The van der Waals surface area contributed by atoms with Crippen LogP contribution >= 0.6 is 0 Å². The Morgan fingerprint density at radius 2 is 2.11 bits per heavy atom. The van der Waals surface area contributed by atoms with Crippen LogP contribution in [-0.2, 0) is 6.42 Å². The number of carbonyl (C=O) groups excluding carboxylic acids is 1. The highest BCUT2D eigenvalue weighted by molar-refractivity contribution is 5.79. The molecule has 2 heterocycles. The third-order valence-electron chi connectivity index (χ3n) is 2.40. The quantitative estimate of drug-likeness (QED) is 0.803. The minimum atomic E-state index is -0.0625. The standard InChI is InChI=1S/C6H10N2O.C4H7N3.C2H6/c1-4-5(2)8(3)6(9)7-4;1-2-4-3-5-7-6-4;1-2/h4H,2H2,1,3H3,(H,7,9);3H,2H2,1H3,(H,5,6,7);1-2H3. The monoisotopic (exact) mass is 253 g/mol. The summed E-state index contributed by atoms with van der Waals surface area (Å²) < 4.78 is 0. The second kappa shape index (κ2) is 8.27. The molecule has 0 bridgehead atoms. The predicted octanol–water partition coefficient (Wildman–Crippen LogP) is 1.94.